The molecule has 3 aromatic rings. The third-order valence-electron chi connectivity index (χ3n) is 4.09. The summed E-state index contributed by atoms with van der Waals surface area (Å²) in [7, 11) is 0. The van der Waals surface area contributed by atoms with E-state index in [1.165, 1.54) is 18.2 Å². The first-order valence-corrected chi connectivity index (χ1v) is 8.13. The number of carbonyl (C=O) groups is 1. The molecule has 2 aromatic carbocycles. The molecular weight excluding hydrogens is 333 g/mol. The van der Waals surface area contributed by atoms with E-state index in [-0.39, 0.29) is 17.1 Å². The highest BCUT2D eigenvalue weighted by molar-refractivity contribution is 5.97. The number of benzene rings is 2. The fraction of sp³-hybridized carbons (Fsp3) is 0.100. The Morgan fingerprint density at radius 1 is 1.19 bits per heavy atom. The summed E-state index contributed by atoms with van der Waals surface area (Å²) in [5.74, 6) is -0.513. The Bertz CT molecular complexity index is 956. The summed E-state index contributed by atoms with van der Waals surface area (Å²) >= 11 is 0. The largest absolute Gasteiger partial charge is 0.507 e. The quantitative estimate of drug-likeness (QED) is 0.648. The zero-order valence-corrected chi connectivity index (χ0v) is 14.2. The summed E-state index contributed by atoms with van der Waals surface area (Å²) in [4.78, 5) is 15.9. The number of nitrogens with zero attached hydrogens (tertiary/aromatic N) is 1. The van der Waals surface area contributed by atoms with Crippen molar-refractivity contribution in [3.8, 4) is 16.9 Å². The van der Waals surface area contributed by atoms with E-state index in [0.29, 0.717) is 17.9 Å². The minimum atomic E-state index is -0.693. The number of anilines is 2. The van der Waals surface area contributed by atoms with Gasteiger partial charge in [0.1, 0.15) is 17.4 Å². The smallest absolute Gasteiger partial charge is 0.252 e. The van der Waals surface area contributed by atoms with Crippen molar-refractivity contribution in [2.24, 2.45) is 5.73 Å². The molecule has 132 valence electrons. The molecule has 0 unspecified atom stereocenters. The van der Waals surface area contributed by atoms with Crippen molar-refractivity contribution in [2.75, 3.05) is 5.32 Å². The van der Waals surface area contributed by atoms with Crippen LogP contribution >= 0.6 is 0 Å². The van der Waals surface area contributed by atoms with Gasteiger partial charge < -0.3 is 16.2 Å². The van der Waals surface area contributed by atoms with Gasteiger partial charge in [-0.05, 0) is 60.0 Å². The van der Waals surface area contributed by atoms with E-state index in [4.69, 9.17) is 5.73 Å². The number of phenols is 1. The molecule has 0 spiro atoms. The van der Waals surface area contributed by atoms with Crippen molar-refractivity contribution in [3.63, 3.8) is 0 Å². The lowest BCUT2D eigenvalue weighted by atomic mass is 9.97. The molecule has 3 rings (SSSR count). The van der Waals surface area contributed by atoms with Crippen molar-refractivity contribution >= 4 is 17.4 Å². The van der Waals surface area contributed by atoms with Crippen molar-refractivity contribution in [1.29, 1.82) is 0 Å². The molecule has 0 aliphatic heterocycles. The van der Waals surface area contributed by atoms with Crippen LogP contribution in [0.4, 0.5) is 15.9 Å². The lowest BCUT2D eigenvalue weighted by molar-refractivity contribution is 0.0998. The fourth-order valence-electron chi connectivity index (χ4n) is 2.80. The Morgan fingerprint density at radius 2 is 1.92 bits per heavy atom. The van der Waals surface area contributed by atoms with Crippen molar-refractivity contribution in [3.05, 3.63) is 71.7 Å². The van der Waals surface area contributed by atoms with E-state index in [0.717, 1.165) is 16.7 Å². The van der Waals surface area contributed by atoms with Crippen LogP contribution in [-0.4, -0.2) is 16.0 Å². The Kier molecular flexibility index (Phi) is 4.84. The summed E-state index contributed by atoms with van der Waals surface area (Å²) in [5.41, 5.74) is 8.65. The predicted octanol–water partition coefficient (Wildman–Crippen LogP) is 4.00. The molecule has 0 atom stereocenters. The van der Waals surface area contributed by atoms with E-state index in [9.17, 15) is 14.3 Å². The number of aromatic nitrogens is 1. The number of rotatable bonds is 5. The van der Waals surface area contributed by atoms with E-state index in [1.54, 1.807) is 30.5 Å². The first-order chi connectivity index (χ1) is 12.5. The first kappa shape index (κ1) is 17.4. The van der Waals surface area contributed by atoms with Crippen LogP contribution in [0.3, 0.4) is 0 Å². The van der Waals surface area contributed by atoms with Gasteiger partial charge in [-0.25, -0.2) is 9.37 Å². The van der Waals surface area contributed by atoms with Gasteiger partial charge in [0.05, 0.1) is 5.56 Å². The summed E-state index contributed by atoms with van der Waals surface area (Å²) in [5, 5.41) is 13.0. The predicted molar refractivity (Wildman–Crippen MR) is 98.9 cm³/mol. The van der Waals surface area contributed by atoms with E-state index < -0.39 is 5.91 Å². The molecule has 0 aliphatic rings. The minimum Gasteiger partial charge on any atom is -0.507 e. The number of nitrogens with two attached hydrogens (primary N) is 1. The number of primary amides is 1. The van der Waals surface area contributed by atoms with Crippen LogP contribution in [0.1, 0.15) is 22.8 Å². The van der Waals surface area contributed by atoms with Crippen LogP contribution in [0.15, 0.2) is 54.7 Å². The third-order valence-corrected chi connectivity index (χ3v) is 4.09. The number of halogens is 1. The summed E-state index contributed by atoms with van der Waals surface area (Å²) in [6.45, 7) is 1.99. The van der Waals surface area contributed by atoms with Gasteiger partial charge in [-0.2, -0.15) is 0 Å². The maximum absolute atomic E-state index is 13.1. The number of nitrogens with one attached hydrogen (secondary N) is 1. The molecule has 0 radical (unpaired) electrons. The summed E-state index contributed by atoms with van der Waals surface area (Å²) < 4.78 is 13.1. The molecule has 0 saturated heterocycles. The van der Waals surface area contributed by atoms with Crippen molar-refractivity contribution < 1.29 is 14.3 Å². The highest BCUT2D eigenvalue weighted by atomic mass is 19.1. The van der Waals surface area contributed by atoms with Crippen LogP contribution in [0.2, 0.25) is 0 Å². The second-order valence-electron chi connectivity index (χ2n) is 5.77. The molecular formula is C20H18FN3O2. The van der Waals surface area contributed by atoms with Gasteiger partial charge in [0, 0.05) is 17.4 Å². The second-order valence-corrected chi connectivity index (χ2v) is 5.77. The number of aromatic hydroxyl groups is 1. The van der Waals surface area contributed by atoms with Crippen LogP contribution in [0.5, 0.6) is 5.75 Å². The molecule has 4 N–H and O–H groups in total. The van der Waals surface area contributed by atoms with Crippen LogP contribution in [0, 0.1) is 5.82 Å². The highest BCUT2D eigenvalue weighted by Gasteiger charge is 2.14. The zero-order valence-electron chi connectivity index (χ0n) is 14.2. The number of hydrogen-bond acceptors (Lipinski definition) is 4. The Hall–Kier alpha value is -3.41. The average molecular weight is 351 g/mol. The monoisotopic (exact) mass is 351 g/mol. The van der Waals surface area contributed by atoms with Gasteiger partial charge in [0.25, 0.3) is 5.91 Å². The van der Waals surface area contributed by atoms with E-state index in [1.807, 2.05) is 13.0 Å². The number of hydrogen-bond donors (Lipinski definition) is 3. The molecule has 0 bridgehead atoms. The van der Waals surface area contributed by atoms with Gasteiger partial charge in [0.15, 0.2) is 0 Å². The number of amides is 1. The molecule has 0 aliphatic carbocycles. The molecule has 1 heterocycles. The standard InChI is InChI=1S/C20H18FN3O2/c1-2-15-16(12-3-8-18(25)17(11-12)19(22)26)9-10-23-20(15)24-14-6-4-13(21)5-7-14/h3-11,25H,2H2,1H3,(H2,22,26)(H,23,24). The van der Waals surface area contributed by atoms with Gasteiger partial charge in [-0.3, -0.25) is 4.79 Å². The Morgan fingerprint density at radius 3 is 2.58 bits per heavy atom. The van der Waals surface area contributed by atoms with Crippen molar-refractivity contribution in [2.45, 2.75) is 13.3 Å². The Balaban J connectivity index is 2.05. The zero-order chi connectivity index (χ0) is 18.7. The Labute approximate surface area is 150 Å². The summed E-state index contributed by atoms with van der Waals surface area (Å²) in [6, 6.07) is 12.6. The van der Waals surface area contributed by atoms with Gasteiger partial charge in [-0.1, -0.05) is 13.0 Å². The maximum Gasteiger partial charge on any atom is 0.252 e. The second kappa shape index (κ2) is 7.23. The van der Waals surface area contributed by atoms with Crippen LogP contribution < -0.4 is 11.1 Å². The minimum absolute atomic E-state index is 0.0643. The topological polar surface area (TPSA) is 88.2 Å². The normalized spacial score (nSPS) is 10.5. The lowest BCUT2D eigenvalue weighted by Crippen LogP contribution is -2.11. The molecule has 26 heavy (non-hydrogen) atoms. The van der Waals surface area contributed by atoms with Crippen LogP contribution in [0.25, 0.3) is 11.1 Å². The maximum atomic E-state index is 13.1. The molecule has 6 heteroatoms. The number of carbonyl (C=O) groups excluding carboxylic acids is 1. The first-order valence-electron chi connectivity index (χ1n) is 8.13. The SMILES string of the molecule is CCc1c(-c2ccc(O)c(C(N)=O)c2)ccnc1Nc1ccc(F)cc1. The number of pyridine rings is 1. The van der Waals surface area contributed by atoms with Crippen LogP contribution in [-0.2, 0) is 6.42 Å². The fourth-order valence-corrected chi connectivity index (χ4v) is 2.80. The molecule has 5 nitrogen and oxygen atoms in total. The molecule has 0 saturated carbocycles. The summed E-state index contributed by atoms with van der Waals surface area (Å²) in [6.07, 6.45) is 2.33. The van der Waals surface area contributed by atoms with Gasteiger partial charge >= 0.3 is 0 Å². The lowest BCUT2D eigenvalue weighted by Gasteiger charge is -2.15. The average Bonchev–Trinajstić information content (AvgIpc) is 2.63. The van der Waals surface area contributed by atoms with Gasteiger partial charge in [-0.15, -0.1) is 0 Å². The highest BCUT2D eigenvalue weighted by Crippen LogP contribution is 2.32. The molecule has 0 fully saturated rings. The van der Waals surface area contributed by atoms with Gasteiger partial charge in [0.2, 0.25) is 0 Å². The van der Waals surface area contributed by atoms with E-state index >= 15 is 0 Å². The molecule has 1 aromatic heterocycles. The van der Waals surface area contributed by atoms with Crippen molar-refractivity contribution in [1.82, 2.24) is 4.98 Å². The van der Waals surface area contributed by atoms with E-state index in [2.05, 4.69) is 10.3 Å². The molecule has 1 amide bonds. The third kappa shape index (κ3) is 3.49.